The number of hydrogen-bond acceptors (Lipinski definition) is 4. The largest absolute Gasteiger partial charge is 0.480 e. The summed E-state index contributed by atoms with van der Waals surface area (Å²) in [5.41, 5.74) is 1.76. The molecule has 0 aliphatic heterocycles. The van der Waals surface area contributed by atoms with Crippen molar-refractivity contribution < 1.29 is 14.3 Å². The molecule has 0 bridgehead atoms. The van der Waals surface area contributed by atoms with Crippen molar-refractivity contribution in [2.75, 3.05) is 6.61 Å². The molecule has 1 N–H and O–H groups in total. The van der Waals surface area contributed by atoms with Crippen molar-refractivity contribution in [2.24, 2.45) is 5.10 Å². The standard InChI is InChI=1S/C10H20N2O3/c1-6-8(14-7-2)11-12-9(13)15-10(3,4)5/h6-7H2,1-5H3,(H,12,13)/b11-8-. The first-order chi connectivity index (χ1) is 6.89. The number of nitrogens with zero attached hydrogens (tertiary/aromatic N) is 1. The average Bonchev–Trinajstić information content (AvgIpc) is 2.09. The van der Waals surface area contributed by atoms with Gasteiger partial charge in [-0.2, -0.15) is 0 Å². The number of carbonyl (C=O) groups excluding carboxylic acids is 1. The lowest BCUT2D eigenvalue weighted by molar-refractivity contribution is 0.0527. The van der Waals surface area contributed by atoms with Gasteiger partial charge in [-0.1, -0.05) is 6.92 Å². The number of rotatable bonds is 3. The Morgan fingerprint density at radius 2 is 1.93 bits per heavy atom. The summed E-state index contributed by atoms with van der Waals surface area (Å²) in [5.74, 6) is 0.489. The molecule has 0 fully saturated rings. The minimum atomic E-state index is -0.576. The van der Waals surface area contributed by atoms with Crippen LogP contribution in [0.5, 0.6) is 0 Å². The van der Waals surface area contributed by atoms with E-state index < -0.39 is 11.7 Å². The molecule has 0 aliphatic carbocycles. The second kappa shape index (κ2) is 6.27. The predicted octanol–water partition coefficient (Wildman–Crippen LogP) is 2.27. The third kappa shape index (κ3) is 7.78. The summed E-state index contributed by atoms with van der Waals surface area (Å²) in [6, 6.07) is 0. The Hall–Kier alpha value is -1.26. The van der Waals surface area contributed by atoms with Crippen LogP contribution in [0.25, 0.3) is 0 Å². The molecule has 0 atom stereocenters. The number of nitrogens with one attached hydrogen (secondary N) is 1. The maximum Gasteiger partial charge on any atom is 0.428 e. The normalized spacial score (nSPS) is 12.2. The topological polar surface area (TPSA) is 59.9 Å². The van der Waals surface area contributed by atoms with E-state index in [0.29, 0.717) is 18.9 Å². The number of carbonyl (C=O) groups is 1. The molecule has 0 aromatic heterocycles. The van der Waals surface area contributed by atoms with Crippen LogP contribution in [0.2, 0.25) is 0 Å². The maximum absolute atomic E-state index is 11.2. The van der Waals surface area contributed by atoms with Crippen LogP contribution in [-0.4, -0.2) is 24.2 Å². The molecular formula is C10H20N2O3. The van der Waals surface area contributed by atoms with E-state index in [-0.39, 0.29) is 0 Å². The summed E-state index contributed by atoms with van der Waals surface area (Å²) in [5, 5.41) is 3.79. The molecular weight excluding hydrogens is 196 g/mol. The van der Waals surface area contributed by atoms with Gasteiger partial charge in [0.25, 0.3) is 0 Å². The van der Waals surface area contributed by atoms with Crippen molar-refractivity contribution in [2.45, 2.75) is 46.6 Å². The van der Waals surface area contributed by atoms with E-state index in [4.69, 9.17) is 9.47 Å². The fourth-order valence-electron chi connectivity index (χ4n) is 0.789. The second-order valence-corrected chi connectivity index (χ2v) is 3.91. The Bertz CT molecular complexity index is 231. The van der Waals surface area contributed by atoms with Gasteiger partial charge in [-0.15, -0.1) is 5.10 Å². The van der Waals surface area contributed by atoms with Gasteiger partial charge in [-0.3, -0.25) is 0 Å². The van der Waals surface area contributed by atoms with E-state index in [0.717, 1.165) is 0 Å². The first-order valence-electron chi connectivity index (χ1n) is 5.07. The van der Waals surface area contributed by atoms with Gasteiger partial charge in [0.05, 0.1) is 6.61 Å². The van der Waals surface area contributed by atoms with E-state index >= 15 is 0 Å². The van der Waals surface area contributed by atoms with E-state index in [9.17, 15) is 4.79 Å². The Balaban J connectivity index is 4.06. The molecule has 0 spiro atoms. The van der Waals surface area contributed by atoms with E-state index in [1.165, 1.54) is 0 Å². The molecule has 0 aromatic rings. The van der Waals surface area contributed by atoms with Crippen LogP contribution in [0.4, 0.5) is 4.79 Å². The Kier molecular flexibility index (Phi) is 5.74. The highest BCUT2D eigenvalue weighted by atomic mass is 16.6. The van der Waals surface area contributed by atoms with E-state index in [2.05, 4.69) is 10.5 Å². The summed E-state index contributed by atoms with van der Waals surface area (Å²) < 4.78 is 10.1. The van der Waals surface area contributed by atoms with Crippen molar-refractivity contribution in [1.82, 2.24) is 5.43 Å². The van der Waals surface area contributed by atoms with Crippen molar-refractivity contribution in [3.63, 3.8) is 0 Å². The molecule has 0 rings (SSSR count). The highest BCUT2D eigenvalue weighted by Gasteiger charge is 2.15. The lowest BCUT2D eigenvalue weighted by Gasteiger charge is -2.18. The minimum Gasteiger partial charge on any atom is -0.480 e. The Morgan fingerprint density at radius 3 is 2.33 bits per heavy atom. The zero-order chi connectivity index (χ0) is 11.9. The first kappa shape index (κ1) is 13.7. The summed E-state index contributed by atoms with van der Waals surface area (Å²) in [7, 11) is 0. The van der Waals surface area contributed by atoms with Crippen molar-refractivity contribution in [3.05, 3.63) is 0 Å². The Morgan fingerprint density at radius 1 is 1.33 bits per heavy atom. The lowest BCUT2D eigenvalue weighted by atomic mass is 10.2. The van der Waals surface area contributed by atoms with E-state index in [1.807, 2.05) is 13.8 Å². The fraction of sp³-hybridized carbons (Fsp3) is 0.800. The van der Waals surface area contributed by atoms with Gasteiger partial charge in [0, 0.05) is 6.42 Å². The molecule has 0 heterocycles. The van der Waals surface area contributed by atoms with Gasteiger partial charge in [0.1, 0.15) is 5.60 Å². The van der Waals surface area contributed by atoms with Gasteiger partial charge < -0.3 is 9.47 Å². The molecule has 0 saturated heterocycles. The molecule has 0 aromatic carbocycles. The number of hydrazone groups is 1. The monoisotopic (exact) mass is 216 g/mol. The quantitative estimate of drug-likeness (QED) is 0.447. The van der Waals surface area contributed by atoms with Crippen LogP contribution in [-0.2, 0) is 9.47 Å². The molecule has 88 valence electrons. The third-order valence-corrected chi connectivity index (χ3v) is 1.28. The van der Waals surface area contributed by atoms with Gasteiger partial charge in [0.15, 0.2) is 0 Å². The second-order valence-electron chi connectivity index (χ2n) is 3.91. The van der Waals surface area contributed by atoms with Gasteiger partial charge >= 0.3 is 6.09 Å². The minimum absolute atomic E-state index is 0.489. The van der Waals surface area contributed by atoms with Crippen LogP contribution in [0.3, 0.4) is 0 Å². The summed E-state index contributed by atoms with van der Waals surface area (Å²) in [6.45, 7) is 9.66. The van der Waals surface area contributed by atoms with E-state index in [1.54, 1.807) is 20.8 Å². The van der Waals surface area contributed by atoms with Crippen LogP contribution in [0.15, 0.2) is 5.10 Å². The highest BCUT2D eigenvalue weighted by Crippen LogP contribution is 2.06. The predicted molar refractivity (Wildman–Crippen MR) is 58.7 cm³/mol. The van der Waals surface area contributed by atoms with Crippen molar-refractivity contribution in [1.29, 1.82) is 0 Å². The highest BCUT2D eigenvalue weighted by molar-refractivity contribution is 5.77. The van der Waals surface area contributed by atoms with Gasteiger partial charge in [-0.05, 0) is 27.7 Å². The van der Waals surface area contributed by atoms with Gasteiger partial charge in [-0.25, -0.2) is 10.2 Å². The Labute approximate surface area is 90.8 Å². The molecule has 0 aliphatic rings. The van der Waals surface area contributed by atoms with Crippen LogP contribution in [0.1, 0.15) is 41.0 Å². The third-order valence-electron chi connectivity index (χ3n) is 1.28. The summed E-state index contributed by atoms with van der Waals surface area (Å²) >= 11 is 0. The zero-order valence-corrected chi connectivity index (χ0v) is 10.1. The van der Waals surface area contributed by atoms with Crippen LogP contribution >= 0.6 is 0 Å². The molecule has 15 heavy (non-hydrogen) atoms. The number of hydrogen-bond donors (Lipinski definition) is 1. The van der Waals surface area contributed by atoms with Crippen molar-refractivity contribution >= 4 is 12.0 Å². The molecule has 1 amide bonds. The molecule has 5 nitrogen and oxygen atoms in total. The first-order valence-corrected chi connectivity index (χ1v) is 5.07. The SMILES string of the molecule is CCO/C(CC)=N\NC(=O)OC(C)(C)C. The summed E-state index contributed by atoms with van der Waals surface area (Å²) in [4.78, 5) is 11.2. The average molecular weight is 216 g/mol. The number of ether oxygens (including phenoxy) is 2. The van der Waals surface area contributed by atoms with Gasteiger partial charge in [0.2, 0.25) is 5.90 Å². The zero-order valence-electron chi connectivity index (χ0n) is 10.1. The molecule has 0 unspecified atom stereocenters. The molecule has 0 saturated carbocycles. The van der Waals surface area contributed by atoms with Crippen LogP contribution < -0.4 is 5.43 Å². The smallest absolute Gasteiger partial charge is 0.428 e. The molecule has 0 radical (unpaired) electrons. The number of amides is 1. The lowest BCUT2D eigenvalue weighted by Crippen LogP contribution is -2.30. The summed E-state index contributed by atoms with van der Waals surface area (Å²) in [6.07, 6.45) is 0.0528. The molecule has 5 heteroatoms. The van der Waals surface area contributed by atoms with Crippen molar-refractivity contribution in [3.8, 4) is 0 Å². The van der Waals surface area contributed by atoms with Crippen LogP contribution in [0, 0.1) is 0 Å². The fourth-order valence-corrected chi connectivity index (χ4v) is 0.789. The maximum atomic E-state index is 11.2.